The van der Waals surface area contributed by atoms with Gasteiger partial charge in [-0.25, -0.2) is 15.0 Å². The maximum Gasteiger partial charge on any atom is 0.164 e. The number of aromatic nitrogens is 6. The molecule has 14 rings (SSSR count). The summed E-state index contributed by atoms with van der Waals surface area (Å²) in [7, 11) is 0. The van der Waals surface area contributed by atoms with E-state index in [1.807, 2.05) is 60.7 Å². The molecule has 6 heteroatoms. The molecule has 0 saturated carbocycles. The van der Waals surface area contributed by atoms with Crippen LogP contribution in [0.2, 0.25) is 0 Å². The summed E-state index contributed by atoms with van der Waals surface area (Å²) in [4.78, 5) is 15.2. The van der Waals surface area contributed by atoms with E-state index in [4.69, 9.17) is 15.0 Å². The quantitative estimate of drug-likeness (QED) is 0.160. The van der Waals surface area contributed by atoms with Crippen molar-refractivity contribution in [2.24, 2.45) is 0 Å². The first-order valence-electron chi connectivity index (χ1n) is 23.4. The molecule has 0 spiro atoms. The van der Waals surface area contributed by atoms with Gasteiger partial charge in [-0.05, 0) is 102 Å². The molecule has 4 aromatic heterocycles. The van der Waals surface area contributed by atoms with Crippen molar-refractivity contribution in [3.05, 3.63) is 243 Å². The molecule has 6 nitrogen and oxygen atoms in total. The summed E-state index contributed by atoms with van der Waals surface area (Å²) in [6, 6.07) is 86.5. The number of fused-ring (bicyclic) bond motifs is 9. The van der Waals surface area contributed by atoms with E-state index in [9.17, 15) is 0 Å². The Balaban J connectivity index is 0.967. The van der Waals surface area contributed by atoms with E-state index >= 15 is 0 Å². The summed E-state index contributed by atoms with van der Waals surface area (Å²) >= 11 is 0. The van der Waals surface area contributed by atoms with Crippen LogP contribution in [-0.2, 0) is 0 Å². The molecule has 0 amide bonds. The number of hydrogen-bond acceptors (Lipinski definition) is 3. The molecule has 4 heterocycles. The van der Waals surface area contributed by atoms with Crippen LogP contribution in [0.5, 0.6) is 0 Å². The van der Waals surface area contributed by atoms with Crippen LogP contribution in [0.1, 0.15) is 0 Å². The molecule has 0 N–H and O–H groups in total. The van der Waals surface area contributed by atoms with Crippen molar-refractivity contribution in [3.8, 4) is 62.4 Å². The fraction of sp³-hybridized carbons (Fsp3) is 0. The van der Waals surface area contributed by atoms with Crippen LogP contribution in [0.4, 0.5) is 0 Å². The Labute approximate surface area is 397 Å². The van der Waals surface area contributed by atoms with Gasteiger partial charge in [0, 0.05) is 66.1 Å². The molecule has 10 aromatic carbocycles. The highest BCUT2D eigenvalue weighted by atomic mass is 15.0. The van der Waals surface area contributed by atoms with Crippen LogP contribution in [0.3, 0.4) is 0 Å². The number of hydrogen-bond donors (Lipinski definition) is 0. The highest BCUT2D eigenvalue weighted by Crippen LogP contribution is 2.41. The lowest BCUT2D eigenvalue weighted by atomic mass is 10.0. The lowest BCUT2D eigenvalue weighted by Crippen LogP contribution is -2.00. The van der Waals surface area contributed by atoms with E-state index in [-0.39, 0.29) is 0 Å². The minimum Gasteiger partial charge on any atom is -0.309 e. The highest BCUT2D eigenvalue weighted by molar-refractivity contribution is 6.14. The summed E-state index contributed by atoms with van der Waals surface area (Å²) in [5.41, 5.74) is 15.4. The third-order valence-corrected chi connectivity index (χ3v) is 13.7. The Morgan fingerprint density at radius 3 is 1.14 bits per heavy atom. The Hall–Kier alpha value is -9.39. The lowest BCUT2D eigenvalue weighted by molar-refractivity contribution is 1.07. The van der Waals surface area contributed by atoms with Crippen LogP contribution in [-0.4, -0.2) is 28.7 Å². The minimum absolute atomic E-state index is 0.624. The van der Waals surface area contributed by atoms with Crippen molar-refractivity contribution < 1.29 is 0 Å². The molecule has 0 aliphatic rings. The summed E-state index contributed by atoms with van der Waals surface area (Å²) in [6.45, 7) is 0. The SMILES string of the molecule is c1ccc(-c2nc(-c3ccccc3)nc(-c3ccc4c(c3)c3cc(-n5c6ccccc6c6ccc(-c7ccc8c(c7)c7ccccc7n8-c7ccccc7)cc65)ccc3n4-c3ccccc3)n2)cc1. The van der Waals surface area contributed by atoms with Crippen molar-refractivity contribution in [1.82, 2.24) is 28.7 Å². The molecule has 322 valence electrons. The topological polar surface area (TPSA) is 53.5 Å². The standard InChI is InChI=1S/C63H40N6/c1-5-17-41(18-6-1)61-64-62(42-19-7-2-8-20-42)66-63(65-61)45-31-35-58-53(38-45)54-40-48(32-36-59(54)68(58)47-23-11-4-12-24-47)69-55-27-15-13-25-49(55)51-33-29-44(39-60(51)69)43-30-34-57-52(37-43)50-26-14-16-28-56(50)67(57)46-21-9-3-10-22-46/h1-40H. The molecule has 0 aliphatic carbocycles. The first-order chi connectivity index (χ1) is 34.2. The molecule has 0 atom stereocenters. The lowest BCUT2D eigenvalue weighted by Gasteiger charge is -2.11. The zero-order valence-electron chi connectivity index (χ0n) is 37.3. The normalized spacial score (nSPS) is 11.8. The predicted molar refractivity (Wildman–Crippen MR) is 285 cm³/mol. The van der Waals surface area contributed by atoms with E-state index in [1.54, 1.807) is 0 Å². The van der Waals surface area contributed by atoms with Gasteiger partial charge in [-0.2, -0.15) is 0 Å². The van der Waals surface area contributed by atoms with E-state index in [2.05, 4.69) is 196 Å². The molecule has 14 aromatic rings. The summed E-state index contributed by atoms with van der Waals surface area (Å²) in [5, 5.41) is 7.15. The second-order valence-electron chi connectivity index (χ2n) is 17.6. The molecule has 0 fully saturated rings. The fourth-order valence-electron chi connectivity index (χ4n) is 10.5. The van der Waals surface area contributed by atoms with Crippen LogP contribution >= 0.6 is 0 Å². The first kappa shape index (κ1) is 38.8. The van der Waals surface area contributed by atoms with Gasteiger partial charge in [0.25, 0.3) is 0 Å². The number of rotatable bonds is 7. The highest BCUT2D eigenvalue weighted by Gasteiger charge is 2.20. The monoisotopic (exact) mass is 880 g/mol. The summed E-state index contributed by atoms with van der Waals surface area (Å²) in [5.74, 6) is 1.90. The molecular formula is C63H40N6. The minimum atomic E-state index is 0.624. The Bertz CT molecular complexity index is 4230. The van der Waals surface area contributed by atoms with Crippen molar-refractivity contribution in [3.63, 3.8) is 0 Å². The Morgan fingerprint density at radius 1 is 0.203 bits per heavy atom. The van der Waals surface area contributed by atoms with Crippen LogP contribution in [0.15, 0.2) is 243 Å². The second-order valence-corrected chi connectivity index (χ2v) is 17.6. The number of benzene rings is 10. The molecule has 0 unspecified atom stereocenters. The van der Waals surface area contributed by atoms with E-state index in [0.29, 0.717) is 17.5 Å². The maximum absolute atomic E-state index is 5.12. The van der Waals surface area contributed by atoms with Gasteiger partial charge in [0.15, 0.2) is 17.5 Å². The summed E-state index contributed by atoms with van der Waals surface area (Å²) < 4.78 is 7.18. The van der Waals surface area contributed by atoms with Gasteiger partial charge in [0.1, 0.15) is 0 Å². The van der Waals surface area contributed by atoms with Crippen LogP contribution in [0.25, 0.3) is 128 Å². The van der Waals surface area contributed by atoms with Crippen LogP contribution in [0, 0.1) is 0 Å². The van der Waals surface area contributed by atoms with Gasteiger partial charge in [0.05, 0.1) is 33.1 Å². The van der Waals surface area contributed by atoms with Crippen molar-refractivity contribution in [2.45, 2.75) is 0 Å². The van der Waals surface area contributed by atoms with Crippen molar-refractivity contribution >= 4 is 65.4 Å². The molecule has 0 radical (unpaired) electrons. The number of nitrogens with zero attached hydrogens (tertiary/aromatic N) is 6. The Morgan fingerprint density at radius 2 is 0.565 bits per heavy atom. The smallest absolute Gasteiger partial charge is 0.164 e. The molecule has 69 heavy (non-hydrogen) atoms. The van der Waals surface area contributed by atoms with Gasteiger partial charge in [-0.1, -0.05) is 152 Å². The van der Waals surface area contributed by atoms with E-state index < -0.39 is 0 Å². The average molecular weight is 881 g/mol. The predicted octanol–water partition coefficient (Wildman–Crippen LogP) is 15.8. The maximum atomic E-state index is 5.12. The van der Waals surface area contributed by atoms with Crippen LogP contribution < -0.4 is 0 Å². The summed E-state index contributed by atoms with van der Waals surface area (Å²) in [6.07, 6.45) is 0. The van der Waals surface area contributed by atoms with Gasteiger partial charge in [-0.15, -0.1) is 0 Å². The third-order valence-electron chi connectivity index (χ3n) is 13.7. The van der Waals surface area contributed by atoms with Gasteiger partial charge in [-0.3, -0.25) is 0 Å². The molecular weight excluding hydrogens is 841 g/mol. The van der Waals surface area contributed by atoms with Gasteiger partial charge < -0.3 is 13.7 Å². The van der Waals surface area contributed by atoms with Gasteiger partial charge >= 0.3 is 0 Å². The van der Waals surface area contributed by atoms with E-state index in [1.165, 1.54) is 43.7 Å². The fourth-order valence-corrected chi connectivity index (χ4v) is 10.5. The van der Waals surface area contributed by atoms with Crippen molar-refractivity contribution in [1.29, 1.82) is 0 Å². The van der Waals surface area contributed by atoms with E-state index in [0.717, 1.165) is 66.6 Å². The molecule has 0 bridgehead atoms. The molecule has 0 aliphatic heterocycles. The average Bonchev–Trinajstić information content (AvgIpc) is 4.06. The zero-order chi connectivity index (χ0) is 45.4. The number of para-hydroxylation sites is 4. The van der Waals surface area contributed by atoms with Gasteiger partial charge in [0.2, 0.25) is 0 Å². The zero-order valence-corrected chi connectivity index (χ0v) is 37.3. The largest absolute Gasteiger partial charge is 0.309 e. The molecule has 0 saturated heterocycles. The second kappa shape index (κ2) is 15.6. The Kier molecular flexibility index (Phi) is 8.79. The first-order valence-corrected chi connectivity index (χ1v) is 23.4. The third kappa shape index (κ3) is 6.30. The van der Waals surface area contributed by atoms with Crippen molar-refractivity contribution in [2.75, 3.05) is 0 Å².